The molecule has 266 valence electrons. The number of nitrogens with one attached hydrogen (secondary N) is 1. The number of nitrogens with two attached hydrogens (primary N) is 1. The fourth-order valence-electron chi connectivity index (χ4n) is 8.03. The Morgan fingerprint density at radius 2 is 1.96 bits per heavy atom. The molecule has 4 aromatic rings. The molecule has 3 fully saturated rings. The summed E-state index contributed by atoms with van der Waals surface area (Å²) in [6, 6.07) is 2.74. The van der Waals surface area contributed by atoms with Crippen molar-refractivity contribution in [2.24, 2.45) is 0 Å². The lowest BCUT2D eigenvalue weighted by atomic mass is 9.88. The van der Waals surface area contributed by atoms with Gasteiger partial charge in [-0.15, -0.1) is 11.3 Å². The summed E-state index contributed by atoms with van der Waals surface area (Å²) in [4.78, 5) is 12.0. The van der Waals surface area contributed by atoms with Crippen molar-refractivity contribution in [1.82, 2.24) is 20.2 Å². The molecule has 2 aromatic heterocycles. The number of likely N-dealkylation sites (N-methyl/N-ethyl adjacent to an activating group) is 1. The number of thiophene rings is 1. The fourth-order valence-corrected chi connectivity index (χ4v) is 8.98. The van der Waals surface area contributed by atoms with Crippen molar-refractivity contribution in [3.05, 3.63) is 40.7 Å². The maximum absolute atomic E-state index is 15.5. The van der Waals surface area contributed by atoms with E-state index in [0.29, 0.717) is 43.3 Å². The van der Waals surface area contributed by atoms with Gasteiger partial charge in [0.2, 0.25) is 0 Å². The molecule has 17 heteroatoms. The van der Waals surface area contributed by atoms with Crippen LogP contribution in [0.15, 0.2) is 18.2 Å². The topological polar surface area (TPSA) is 103 Å². The summed E-state index contributed by atoms with van der Waals surface area (Å²) in [5.41, 5.74) is -1.59. The van der Waals surface area contributed by atoms with Gasteiger partial charge >= 0.3 is 18.4 Å². The molecule has 0 amide bonds. The van der Waals surface area contributed by atoms with Crippen molar-refractivity contribution in [2.75, 3.05) is 43.9 Å². The normalized spacial score (nSPS) is 24.3. The summed E-state index contributed by atoms with van der Waals surface area (Å²) >= 11 is 0.547. The third-order valence-electron chi connectivity index (χ3n) is 10.3. The van der Waals surface area contributed by atoms with Gasteiger partial charge in [-0.1, -0.05) is 6.07 Å². The number of fused-ring (bicyclic) bond motifs is 3. The smallest absolute Gasteiger partial charge is 0.419 e. The molecule has 0 saturated carbocycles. The van der Waals surface area contributed by atoms with E-state index in [-0.39, 0.29) is 47.2 Å². The zero-order valence-corrected chi connectivity index (χ0v) is 27.6. The number of nitrogens with zero attached hydrogens (tertiary/aromatic N) is 5. The molecule has 3 aliphatic heterocycles. The van der Waals surface area contributed by atoms with E-state index in [4.69, 9.17) is 10.5 Å². The van der Waals surface area contributed by atoms with Crippen LogP contribution in [0.3, 0.4) is 0 Å². The maximum atomic E-state index is 15.5. The monoisotopic (exact) mass is 725 g/mol. The number of nitriles is 1. The van der Waals surface area contributed by atoms with Gasteiger partial charge in [-0.05, 0) is 57.0 Å². The van der Waals surface area contributed by atoms with Gasteiger partial charge < -0.3 is 20.7 Å². The second kappa shape index (κ2) is 12.1. The van der Waals surface area contributed by atoms with Crippen LogP contribution in [0.1, 0.15) is 49.3 Å². The number of ether oxygens (including phenoxy) is 1. The lowest BCUT2D eigenvalue weighted by Gasteiger charge is -2.32. The molecule has 7 rings (SSSR count). The largest absolute Gasteiger partial charge is 0.461 e. The van der Waals surface area contributed by atoms with Crippen molar-refractivity contribution in [2.45, 2.75) is 68.8 Å². The number of nitrogen functional groups attached to an aromatic ring is 1. The fraction of sp³-hybridized carbons (Fsp3) is 0.485. The molecule has 4 atom stereocenters. The summed E-state index contributed by atoms with van der Waals surface area (Å²) in [5, 5.41) is 11.8. The van der Waals surface area contributed by atoms with E-state index in [9.17, 15) is 14.0 Å². The molecular formula is C33H31F8N7OS. The van der Waals surface area contributed by atoms with E-state index < -0.39 is 80.0 Å². The Bertz CT molecular complexity index is 2040. The molecule has 2 aromatic carbocycles. The number of hydrogen-bond acceptors (Lipinski definition) is 9. The quantitative estimate of drug-likeness (QED) is 0.200. The number of hydrogen-bond donors (Lipinski definition) is 2. The van der Waals surface area contributed by atoms with Gasteiger partial charge in [-0.2, -0.15) is 41.6 Å². The van der Waals surface area contributed by atoms with Crippen molar-refractivity contribution in [3.63, 3.8) is 0 Å². The van der Waals surface area contributed by atoms with Crippen molar-refractivity contribution in [1.29, 1.82) is 5.26 Å². The van der Waals surface area contributed by atoms with E-state index in [1.165, 1.54) is 11.9 Å². The number of aromatic nitrogens is 2. The number of halogens is 8. The highest BCUT2D eigenvalue weighted by molar-refractivity contribution is 7.23. The maximum Gasteiger partial charge on any atom is 0.419 e. The molecule has 3 N–H and O–H groups in total. The SMILES string of the molecule is C[C@@H]1NCC[C@H]1N(C)c1nc(OC[C@@]23CCCN2C[C@H](F)C3)nc2c(C(F)(F)F)c(-c3ccc(F)c4sc(N)c(C#N)c34)c(C(F)(F)F)cc12. The van der Waals surface area contributed by atoms with Crippen LogP contribution in [-0.2, 0) is 12.4 Å². The van der Waals surface area contributed by atoms with Crippen LogP contribution in [0, 0.1) is 17.1 Å². The molecule has 0 radical (unpaired) electrons. The van der Waals surface area contributed by atoms with E-state index in [1.807, 2.05) is 11.8 Å². The van der Waals surface area contributed by atoms with Crippen LogP contribution < -0.4 is 20.7 Å². The Balaban J connectivity index is 1.54. The predicted molar refractivity (Wildman–Crippen MR) is 172 cm³/mol. The Hall–Kier alpha value is -4.01. The van der Waals surface area contributed by atoms with E-state index >= 15 is 26.3 Å². The molecule has 0 spiro atoms. The minimum Gasteiger partial charge on any atom is -0.461 e. The van der Waals surface area contributed by atoms with Gasteiger partial charge in [0.1, 0.15) is 35.5 Å². The van der Waals surface area contributed by atoms with Crippen LogP contribution in [-0.4, -0.2) is 72.0 Å². The second-order valence-corrected chi connectivity index (χ2v) is 14.3. The van der Waals surface area contributed by atoms with E-state index in [2.05, 4.69) is 15.3 Å². The zero-order valence-electron chi connectivity index (χ0n) is 26.8. The number of benzene rings is 2. The third kappa shape index (κ3) is 5.55. The highest BCUT2D eigenvalue weighted by Gasteiger charge is 2.50. The number of alkyl halides is 7. The summed E-state index contributed by atoms with van der Waals surface area (Å²) in [5.74, 6) is -1.18. The second-order valence-electron chi connectivity index (χ2n) is 13.2. The van der Waals surface area contributed by atoms with Crippen LogP contribution in [0.5, 0.6) is 6.01 Å². The average Bonchev–Trinajstić information content (AvgIpc) is 3.79. The Morgan fingerprint density at radius 3 is 2.62 bits per heavy atom. The van der Waals surface area contributed by atoms with Gasteiger partial charge in [0.15, 0.2) is 0 Å². The van der Waals surface area contributed by atoms with Crippen molar-refractivity contribution in [3.8, 4) is 23.2 Å². The molecule has 3 aliphatic rings. The van der Waals surface area contributed by atoms with Crippen molar-refractivity contribution < 1.29 is 39.9 Å². The standard InChI is InChI=1S/C33H31F8N7OS/c1-15-22(6-8-44-15)47(2)29-18-10-20(32(36,37)38)24(17-4-5-21(35)27-23(17)19(12-42)28(43)50-27)25(33(39,40)41)26(18)45-30(46-29)49-14-31-7-3-9-48(31)13-16(34)11-31/h4-5,10,15-16,22,44H,3,6-9,11,13-14,43H2,1-2H3/t15-,16+,22+,31-/m0/s1. The highest BCUT2D eigenvalue weighted by Crippen LogP contribution is 2.52. The first-order chi connectivity index (χ1) is 23.5. The highest BCUT2D eigenvalue weighted by atomic mass is 32.1. The minimum absolute atomic E-state index is 0.142. The lowest BCUT2D eigenvalue weighted by Crippen LogP contribution is -2.43. The van der Waals surface area contributed by atoms with Crippen molar-refractivity contribution >= 4 is 43.1 Å². The first-order valence-corrected chi connectivity index (χ1v) is 16.8. The Morgan fingerprint density at radius 1 is 1.20 bits per heavy atom. The van der Waals surface area contributed by atoms with E-state index in [1.54, 1.807) is 6.07 Å². The first kappa shape index (κ1) is 34.4. The Labute approximate surface area is 284 Å². The predicted octanol–water partition coefficient (Wildman–Crippen LogP) is 7.28. The van der Waals surface area contributed by atoms with Crippen LogP contribution in [0.25, 0.3) is 32.1 Å². The molecule has 0 unspecified atom stereocenters. The molecular weight excluding hydrogens is 694 g/mol. The lowest BCUT2D eigenvalue weighted by molar-refractivity contribution is -0.141. The van der Waals surface area contributed by atoms with Gasteiger partial charge in [-0.25, -0.2) is 8.78 Å². The van der Waals surface area contributed by atoms with Gasteiger partial charge in [-0.3, -0.25) is 4.90 Å². The third-order valence-corrected chi connectivity index (χ3v) is 11.3. The minimum atomic E-state index is -5.46. The Kier molecular flexibility index (Phi) is 8.30. The van der Waals surface area contributed by atoms with Crippen LogP contribution in [0.2, 0.25) is 0 Å². The molecule has 3 saturated heterocycles. The average molecular weight is 726 g/mol. The number of anilines is 2. The van der Waals surface area contributed by atoms with Crippen LogP contribution in [0.4, 0.5) is 45.9 Å². The molecule has 5 heterocycles. The summed E-state index contributed by atoms with van der Waals surface area (Å²) in [7, 11) is 1.53. The zero-order chi connectivity index (χ0) is 35.9. The van der Waals surface area contributed by atoms with Gasteiger partial charge in [0.05, 0.1) is 32.4 Å². The molecule has 0 aliphatic carbocycles. The molecule has 50 heavy (non-hydrogen) atoms. The van der Waals surface area contributed by atoms with Crippen LogP contribution >= 0.6 is 11.3 Å². The first-order valence-electron chi connectivity index (χ1n) is 16.0. The van der Waals surface area contributed by atoms with E-state index in [0.717, 1.165) is 18.6 Å². The summed E-state index contributed by atoms with van der Waals surface area (Å²) in [6.07, 6.45) is -9.92. The number of rotatable bonds is 6. The molecule has 0 bridgehead atoms. The molecule has 8 nitrogen and oxygen atoms in total. The summed E-state index contributed by atoms with van der Waals surface area (Å²) < 4.78 is 127. The summed E-state index contributed by atoms with van der Waals surface area (Å²) in [6.45, 7) is 3.07. The van der Waals surface area contributed by atoms with Gasteiger partial charge in [0, 0.05) is 48.4 Å². The van der Waals surface area contributed by atoms with Gasteiger partial charge in [0.25, 0.3) is 0 Å².